The molecular weight excluding hydrogens is 308 g/mol. The molecular formula is C19H19ClN2O. The summed E-state index contributed by atoms with van der Waals surface area (Å²) in [6.07, 6.45) is 0.801. The lowest BCUT2D eigenvalue weighted by Gasteiger charge is -2.06. The zero-order valence-corrected chi connectivity index (χ0v) is 14.0. The van der Waals surface area contributed by atoms with Crippen LogP contribution in [0.15, 0.2) is 54.6 Å². The topological polar surface area (TPSA) is 27.1 Å². The van der Waals surface area contributed by atoms with Gasteiger partial charge in [0.05, 0.1) is 12.3 Å². The van der Waals surface area contributed by atoms with Crippen molar-refractivity contribution in [1.29, 1.82) is 0 Å². The maximum atomic E-state index is 5.98. The van der Waals surface area contributed by atoms with Gasteiger partial charge in [-0.2, -0.15) is 0 Å². The summed E-state index contributed by atoms with van der Waals surface area (Å²) < 4.78 is 7.67. The van der Waals surface area contributed by atoms with E-state index in [2.05, 4.69) is 36.3 Å². The minimum absolute atomic E-state index is 0.596. The van der Waals surface area contributed by atoms with Crippen LogP contribution in [-0.4, -0.2) is 16.4 Å². The second-order valence-corrected chi connectivity index (χ2v) is 5.79. The minimum atomic E-state index is 0.596. The quantitative estimate of drug-likeness (QED) is 0.672. The number of benzene rings is 2. The van der Waals surface area contributed by atoms with Gasteiger partial charge in [0.1, 0.15) is 0 Å². The van der Waals surface area contributed by atoms with Crippen LogP contribution in [0.4, 0.5) is 0 Å². The SMILES string of the molecule is CCOc1nn(-c2ccc(Cl)cc2)c(C)c1Cc1ccccc1. The van der Waals surface area contributed by atoms with E-state index in [1.54, 1.807) is 0 Å². The molecule has 0 spiro atoms. The van der Waals surface area contributed by atoms with Gasteiger partial charge in [-0.05, 0) is 43.7 Å². The molecule has 0 aliphatic heterocycles. The largest absolute Gasteiger partial charge is 0.477 e. The highest BCUT2D eigenvalue weighted by atomic mass is 35.5. The molecule has 4 heteroatoms. The summed E-state index contributed by atoms with van der Waals surface area (Å²) in [5.41, 5.74) is 4.42. The molecule has 0 aliphatic rings. The van der Waals surface area contributed by atoms with Crippen LogP contribution in [0.5, 0.6) is 5.88 Å². The lowest BCUT2D eigenvalue weighted by Crippen LogP contribution is -1.99. The molecule has 1 aromatic heterocycles. The van der Waals surface area contributed by atoms with Gasteiger partial charge in [0, 0.05) is 22.7 Å². The maximum absolute atomic E-state index is 5.98. The first-order valence-corrected chi connectivity index (χ1v) is 8.08. The lowest BCUT2D eigenvalue weighted by molar-refractivity contribution is 0.321. The molecule has 118 valence electrons. The van der Waals surface area contributed by atoms with Crippen LogP contribution < -0.4 is 4.74 Å². The predicted octanol–water partition coefficient (Wildman–Crippen LogP) is 4.82. The van der Waals surface area contributed by atoms with Crippen molar-refractivity contribution < 1.29 is 4.74 Å². The van der Waals surface area contributed by atoms with Crippen LogP contribution in [0.1, 0.15) is 23.7 Å². The Bertz CT molecular complexity index is 779. The van der Waals surface area contributed by atoms with Gasteiger partial charge in [0.2, 0.25) is 5.88 Å². The molecule has 0 aliphatic carbocycles. The Morgan fingerprint density at radius 2 is 1.74 bits per heavy atom. The van der Waals surface area contributed by atoms with Gasteiger partial charge in [-0.1, -0.05) is 41.9 Å². The highest BCUT2D eigenvalue weighted by Gasteiger charge is 2.17. The third-order valence-electron chi connectivity index (χ3n) is 3.78. The van der Waals surface area contributed by atoms with E-state index in [0.29, 0.717) is 17.5 Å². The molecule has 0 radical (unpaired) electrons. The second-order valence-electron chi connectivity index (χ2n) is 5.35. The zero-order valence-electron chi connectivity index (χ0n) is 13.3. The van der Waals surface area contributed by atoms with E-state index in [4.69, 9.17) is 16.3 Å². The van der Waals surface area contributed by atoms with Crippen LogP contribution in [0.3, 0.4) is 0 Å². The summed E-state index contributed by atoms with van der Waals surface area (Å²) in [6, 6.07) is 18.0. The van der Waals surface area contributed by atoms with E-state index in [-0.39, 0.29) is 0 Å². The van der Waals surface area contributed by atoms with Gasteiger partial charge < -0.3 is 4.74 Å². The number of ether oxygens (including phenoxy) is 1. The Morgan fingerprint density at radius 1 is 1.04 bits per heavy atom. The Hall–Kier alpha value is -2.26. The molecule has 0 amide bonds. The third kappa shape index (κ3) is 3.40. The fourth-order valence-corrected chi connectivity index (χ4v) is 2.72. The van der Waals surface area contributed by atoms with E-state index in [1.165, 1.54) is 5.56 Å². The van der Waals surface area contributed by atoms with Gasteiger partial charge in [-0.15, -0.1) is 5.10 Å². The molecule has 3 aromatic rings. The van der Waals surface area contributed by atoms with E-state index in [0.717, 1.165) is 23.4 Å². The minimum Gasteiger partial charge on any atom is -0.477 e. The molecule has 0 unspecified atom stereocenters. The number of rotatable bonds is 5. The van der Waals surface area contributed by atoms with Crippen molar-refractivity contribution in [2.45, 2.75) is 20.3 Å². The zero-order chi connectivity index (χ0) is 16.2. The Morgan fingerprint density at radius 3 is 2.39 bits per heavy atom. The third-order valence-corrected chi connectivity index (χ3v) is 4.03. The number of halogens is 1. The summed E-state index contributed by atoms with van der Waals surface area (Å²) in [5, 5.41) is 5.36. The number of hydrogen-bond donors (Lipinski definition) is 0. The predicted molar refractivity (Wildman–Crippen MR) is 93.7 cm³/mol. The van der Waals surface area contributed by atoms with E-state index < -0.39 is 0 Å². The average molecular weight is 327 g/mol. The average Bonchev–Trinajstić information content (AvgIpc) is 2.86. The van der Waals surface area contributed by atoms with E-state index in [1.807, 2.05) is 41.9 Å². The molecule has 3 rings (SSSR count). The highest BCUT2D eigenvalue weighted by Crippen LogP contribution is 2.27. The Labute approximate surface area is 141 Å². The molecule has 0 N–H and O–H groups in total. The van der Waals surface area contributed by atoms with E-state index in [9.17, 15) is 0 Å². The molecule has 1 heterocycles. The summed E-state index contributed by atoms with van der Waals surface area (Å²) in [4.78, 5) is 0. The highest BCUT2D eigenvalue weighted by molar-refractivity contribution is 6.30. The van der Waals surface area contributed by atoms with Crippen molar-refractivity contribution in [3.05, 3.63) is 76.4 Å². The van der Waals surface area contributed by atoms with Crippen molar-refractivity contribution in [1.82, 2.24) is 9.78 Å². The standard InChI is InChI=1S/C19H19ClN2O/c1-3-23-19-18(13-15-7-5-4-6-8-15)14(2)22(21-19)17-11-9-16(20)10-12-17/h4-12H,3,13H2,1-2H3. The Balaban J connectivity index is 2.02. The van der Waals surface area contributed by atoms with Crippen molar-refractivity contribution in [2.75, 3.05) is 6.61 Å². The van der Waals surface area contributed by atoms with Gasteiger partial charge >= 0.3 is 0 Å². The van der Waals surface area contributed by atoms with Crippen LogP contribution in [0.2, 0.25) is 5.02 Å². The van der Waals surface area contributed by atoms with Crippen molar-refractivity contribution in [2.24, 2.45) is 0 Å². The van der Waals surface area contributed by atoms with E-state index >= 15 is 0 Å². The summed E-state index contributed by atoms with van der Waals surface area (Å²) >= 11 is 5.98. The fourth-order valence-electron chi connectivity index (χ4n) is 2.60. The van der Waals surface area contributed by atoms with Gasteiger partial charge in [-0.3, -0.25) is 0 Å². The molecule has 0 saturated heterocycles. The lowest BCUT2D eigenvalue weighted by atomic mass is 10.1. The molecule has 3 nitrogen and oxygen atoms in total. The van der Waals surface area contributed by atoms with Crippen molar-refractivity contribution in [3.8, 4) is 11.6 Å². The second kappa shape index (κ2) is 6.88. The van der Waals surface area contributed by atoms with Crippen LogP contribution in [0.25, 0.3) is 5.69 Å². The normalized spacial score (nSPS) is 10.7. The summed E-state index contributed by atoms with van der Waals surface area (Å²) in [5.74, 6) is 0.698. The van der Waals surface area contributed by atoms with Crippen LogP contribution >= 0.6 is 11.6 Å². The van der Waals surface area contributed by atoms with Gasteiger partial charge in [0.15, 0.2) is 0 Å². The van der Waals surface area contributed by atoms with Crippen molar-refractivity contribution in [3.63, 3.8) is 0 Å². The fraction of sp³-hybridized carbons (Fsp3) is 0.211. The Kier molecular flexibility index (Phi) is 4.68. The molecule has 2 aromatic carbocycles. The first-order valence-electron chi connectivity index (χ1n) is 7.70. The van der Waals surface area contributed by atoms with Gasteiger partial charge in [0.25, 0.3) is 0 Å². The first kappa shape index (κ1) is 15.6. The molecule has 0 atom stereocenters. The number of hydrogen-bond acceptors (Lipinski definition) is 2. The van der Waals surface area contributed by atoms with Crippen LogP contribution in [0, 0.1) is 6.92 Å². The van der Waals surface area contributed by atoms with Crippen molar-refractivity contribution >= 4 is 11.6 Å². The first-order chi connectivity index (χ1) is 11.2. The number of aromatic nitrogens is 2. The molecule has 0 fully saturated rings. The molecule has 0 saturated carbocycles. The molecule has 23 heavy (non-hydrogen) atoms. The smallest absolute Gasteiger partial charge is 0.237 e. The molecule has 0 bridgehead atoms. The monoisotopic (exact) mass is 326 g/mol. The number of nitrogens with zero attached hydrogens (tertiary/aromatic N) is 2. The van der Waals surface area contributed by atoms with Crippen LogP contribution in [-0.2, 0) is 6.42 Å². The summed E-state index contributed by atoms with van der Waals surface area (Å²) in [7, 11) is 0. The maximum Gasteiger partial charge on any atom is 0.237 e. The summed E-state index contributed by atoms with van der Waals surface area (Å²) in [6.45, 7) is 4.64. The van der Waals surface area contributed by atoms with Gasteiger partial charge in [-0.25, -0.2) is 4.68 Å².